The van der Waals surface area contributed by atoms with Crippen molar-refractivity contribution in [1.29, 1.82) is 0 Å². The molecular formula is C35H41FN6O4S. The van der Waals surface area contributed by atoms with Crippen LogP contribution in [-0.2, 0) is 11.2 Å². The van der Waals surface area contributed by atoms with Gasteiger partial charge in [0.2, 0.25) is 11.9 Å². The number of amides is 4. The van der Waals surface area contributed by atoms with E-state index in [1.807, 2.05) is 53.1 Å². The molecule has 4 heterocycles. The molecule has 0 aliphatic carbocycles. The Hall–Kier alpha value is -4.32. The van der Waals surface area contributed by atoms with E-state index in [1.165, 1.54) is 0 Å². The number of ether oxygens (including phenoxy) is 1. The van der Waals surface area contributed by atoms with Gasteiger partial charge in [-0.3, -0.25) is 9.59 Å². The largest absolute Gasteiger partial charge is 0.490 e. The maximum absolute atomic E-state index is 15.0. The van der Waals surface area contributed by atoms with Crippen LogP contribution in [0.1, 0.15) is 60.9 Å². The Morgan fingerprint density at radius 2 is 1.81 bits per heavy atom. The van der Waals surface area contributed by atoms with E-state index in [9.17, 15) is 14.4 Å². The van der Waals surface area contributed by atoms with Crippen LogP contribution in [0, 0.1) is 5.95 Å². The van der Waals surface area contributed by atoms with Crippen LogP contribution in [0.5, 0.6) is 5.75 Å². The number of benzene rings is 2. The van der Waals surface area contributed by atoms with E-state index >= 15 is 4.39 Å². The molecule has 3 aromatic rings. The number of nitrogens with one attached hydrogen (secondary N) is 2. The highest BCUT2D eigenvalue weighted by molar-refractivity contribution is 8.00. The maximum Gasteiger partial charge on any atom is 0.312 e. The summed E-state index contributed by atoms with van der Waals surface area (Å²) in [5.74, 6) is 1.12. The fourth-order valence-corrected chi connectivity index (χ4v) is 8.10. The number of nitrogens with two attached hydrogens (primary N) is 2. The van der Waals surface area contributed by atoms with Crippen molar-refractivity contribution in [3.8, 4) is 28.0 Å². The van der Waals surface area contributed by atoms with Gasteiger partial charge in [0.15, 0.2) is 0 Å². The number of nitrogens with zero attached hydrogens (tertiary/aromatic N) is 2. The molecular weight excluding hydrogens is 619 g/mol. The van der Waals surface area contributed by atoms with Crippen molar-refractivity contribution >= 4 is 35.4 Å². The maximum atomic E-state index is 15.0. The first-order valence-corrected chi connectivity index (χ1v) is 17.4. The molecule has 3 aliphatic rings. The zero-order chi connectivity index (χ0) is 32.9. The first-order chi connectivity index (χ1) is 22.7. The third-order valence-corrected chi connectivity index (χ3v) is 10.7. The predicted octanol–water partition coefficient (Wildman–Crippen LogP) is 4.90. The van der Waals surface area contributed by atoms with Gasteiger partial charge in [0.25, 0.3) is 5.91 Å². The number of thioether (sulfide) groups is 1. The third kappa shape index (κ3) is 7.98. The van der Waals surface area contributed by atoms with Crippen molar-refractivity contribution in [2.75, 3.05) is 31.1 Å². The normalized spacial score (nSPS) is 19.6. The molecule has 248 valence electrons. The number of rotatable bonds is 10. The molecule has 12 heteroatoms. The van der Waals surface area contributed by atoms with E-state index in [0.717, 1.165) is 55.4 Å². The van der Waals surface area contributed by atoms with Crippen molar-refractivity contribution in [3.63, 3.8) is 0 Å². The number of hydrogen-bond donors (Lipinski definition) is 4. The van der Waals surface area contributed by atoms with Crippen molar-refractivity contribution in [2.24, 2.45) is 5.73 Å². The molecule has 2 atom stereocenters. The highest BCUT2D eigenvalue weighted by atomic mass is 32.2. The number of urea groups is 1. The van der Waals surface area contributed by atoms with Crippen LogP contribution in [-0.4, -0.2) is 70.5 Å². The molecule has 0 unspecified atom stereocenters. The van der Waals surface area contributed by atoms with E-state index < -0.39 is 12.0 Å². The molecule has 47 heavy (non-hydrogen) atoms. The number of unbranched alkanes of at least 4 members (excludes halogenated alkanes) is 1. The summed E-state index contributed by atoms with van der Waals surface area (Å²) in [5, 5.41) is 6.14. The minimum absolute atomic E-state index is 0.00105. The zero-order valence-electron chi connectivity index (χ0n) is 26.3. The highest BCUT2D eigenvalue weighted by Gasteiger charge is 2.27. The first-order valence-electron chi connectivity index (χ1n) is 16.3. The van der Waals surface area contributed by atoms with Gasteiger partial charge in [-0.2, -0.15) is 16.2 Å². The van der Waals surface area contributed by atoms with Gasteiger partial charge in [-0.1, -0.05) is 30.7 Å². The van der Waals surface area contributed by atoms with Gasteiger partial charge >= 0.3 is 6.03 Å². The lowest BCUT2D eigenvalue weighted by molar-refractivity contribution is -0.133. The number of likely N-dealkylation sites (tertiary alicyclic amines) is 1. The molecule has 2 aromatic carbocycles. The number of primary amides is 1. The number of hydrogen-bond acceptors (Lipinski definition) is 7. The van der Waals surface area contributed by atoms with Gasteiger partial charge in [-0.15, -0.1) is 0 Å². The molecule has 3 aliphatic heterocycles. The summed E-state index contributed by atoms with van der Waals surface area (Å²) in [7, 11) is 0. The zero-order valence-corrected chi connectivity index (χ0v) is 27.1. The number of carbonyl (C=O) groups is 3. The molecule has 6 N–H and O–H groups in total. The monoisotopic (exact) mass is 660 g/mol. The van der Waals surface area contributed by atoms with Crippen LogP contribution in [0.15, 0.2) is 48.5 Å². The Bertz CT molecular complexity index is 1630. The second kappa shape index (κ2) is 14.6. The van der Waals surface area contributed by atoms with Gasteiger partial charge < -0.3 is 31.7 Å². The summed E-state index contributed by atoms with van der Waals surface area (Å²) >= 11 is 1.87. The van der Waals surface area contributed by atoms with Gasteiger partial charge in [0, 0.05) is 72.6 Å². The summed E-state index contributed by atoms with van der Waals surface area (Å²) < 4.78 is 21.3. The van der Waals surface area contributed by atoms with E-state index in [2.05, 4.69) is 15.6 Å². The van der Waals surface area contributed by atoms with E-state index in [1.54, 1.807) is 12.1 Å². The Morgan fingerprint density at radius 3 is 2.57 bits per heavy atom. The number of pyridine rings is 1. The lowest BCUT2D eigenvalue weighted by Crippen LogP contribution is -2.41. The third-order valence-electron chi connectivity index (χ3n) is 9.20. The molecule has 10 nitrogen and oxygen atoms in total. The van der Waals surface area contributed by atoms with E-state index in [4.69, 9.17) is 16.2 Å². The average molecular weight is 661 g/mol. The lowest BCUT2D eigenvalue weighted by Gasteiger charge is -2.32. The Morgan fingerprint density at radius 1 is 1.04 bits per heavy atom. The molecule has 4 amide bonds. The van der Waals surface area contributed by atoms with Crippen LogP contribution in [0.4, 0.5) is 15.0 Å². The van der Waals surface area contributed by atoms with Gasteiger partial charge in [-0.25, -0.2) is 9.78 Å². The molecule has 2 fully saturated rings. The summed E-state index contributed by atoms with van der Waals surface area (Å²) in [4.78, 5) is 41.9. The Balaban J connectivity index is 0.979. The topological polar surface area (TPSA) is 153 Å². The van der Waals surface area contributed by atoms with Gasteiger partial charge in [0.1, 0.15) is 17.7 Å². The summed E-state index contributed by atoms with van der Waals surface area (Å²) in [5.41, 5.74) is 15.3. The molecule has 0 bridgehead atoms. The molecule has 6 rings (SSSR count). The number of fused-ring (bicyclic) bond motifs is 1. The highest BCUT2D eigenvalue weighted by Crippen LogP contribution is 2.34. The lowest BCUT2D eigenvalue weighted by atomic mass is 9.94. The van der Waals surface area contributed by atoms with E-state index in [-0.39, 0.29) is 29.8 Å². The summed E-state index contributed by atoms with van der Waals surface area (Å²) in [6, 6.07) is 14.2. The fourth-order valence-electron chi connectivity index (χ4n) is 6.68. The molecule has 0 radical (unpaired) electrons. The Labute approximate surface area is 278 Å². The van der Waals surface area contributed by atoms with Crippen molar-refractivity contribution < 1.29 is 23.5 Å². The van der Waals surface area contributed by atoms with Crippen molar-refractivity contribution in [2.45, 2.75) is 68.8 Å². The molecule has 2 saturated heterocycles. The van der Waals surface area contributed by atoms with Crippen LogP contribution < -0.4 is 26.8 Å². The minimum atomic E-state index is -0.655. The standard InChI is InChI=1S/C35H41FN6O4S/c36-32-29(19-30(33(37)41-32)22-7-10-28-23(17-22)11-14-39-34(28)44)21-5-8-25(9-6-21)46-26-12-15-42(16-13-26)31(43)4-2-1-3-27-18-24(20-47-27)40-35(38)45/h5-10,17,19,24,26-27H,1-4,11-16,18,20H2,(H2,37,41)(H,39,44)(H3,38,40,45)/t24-,27+/m1/s1. The van der Waals surface area contributed by atoms with Crippen LogP contribution in [0.3, 0.4) is 0 Å². The minimum Gasteiger partial charge on any atom is -0.490 e. The van der Waals surface area contributed by atoms with Crippen molar-refractivity contribution in [3.05, 3.63) is 65.6 Å². The second-order valence-electron chi connectivity index (χ2n) is 12.5. The van der Waals surface area contributed by atoms with Crippen LogP contribution in [0.2, 0.25) is 0 Å². The Kier molecular flexibility index (Phi) is 10.1. The molecule has 1 aromatic heterocycles. The number of piperidine rings is 1. The SMILES string of the molecule is NC(=O)N[C@H]1CS[C@@H](CCCCC(=O)N2CCC(Oc3ccc(-c4cc(-c5ccc6c(c5)CCNC6=O)c(N)nc4F)cc3)CC2)C1. The fraction of sp³-hybridized carbons (Fsp3) is 0.429. The van der Waals surface area contributed by atoms with Crippen molar-refractivity contribution in [1.82, 2.24) is 20.5 Å². The number of carbonyl (C=O) groups excluding carboxylic acids is 3. The molecule has 0 saturated carbocycles. The number of anilines is 1. The average Bonchev–Trinajstić information content (AvgIpc) is 3.50. The number of aromatic nitrogens is 1. The van der Waals surface area contributed by atoms with E-state index in [0.29, 0.717) is 65.7 Å². The predicted molar refractivity (Wildman–Crippen MR) is 182 cm³/mol. The number of halogens is 1. The summed E-state index contributed by atoms with van der Waals surface area (Å²) in [6.45, 7) is 1.91. The van der Waals surface area contributed by atoms with Crippen LogP contribution in [0.25, 0.3) is 22.3 Å². The van der Waals surface area contributed by atoms with Crippen LogP contribution >= 0.6 is 11.8 Å². The number of nitrogen functional groups attached to an aromatic ring is 1. The second-order valence-corrected chi connectivity index (χ2v) is 13.8. The first kappa shape index (κ1) is 32.6. The molecule has 0 spiro atoms. The summed E-state index contributed by atoms with van der Waals surface area (Å²) in [6.07, 6.45) is 6.61. The van der Waals surface area contributed by atoms with Gasteiger partial charge in [0.05, 0.1) is 0 Å². The van der Waals surface area contributed by atoms with Gasteiger partial charge in [-0.05, 0) is 66.6 Å². The quantitative estimate of drug-likeness (QED) is 0.178. The smallest absolute Gasteiger partial charge is 0.312 e.